The molecule has 2 aliphatic rings. The van der Waals surface area contributed by atoms with Crippen molar-refractivity contribution in [3.05, 3.63) is 140 Å². The van der Waals surface area contributed by atoms with Gasteiger partial charge in [0.05, 0.1) is 17.2 Å². The predicted octanol–water partition coefficient (Wildman–Crippen LogP) is 9.96. The van der Waals surface area contributed by atoms with E-state index in [0.717, 1.165) is 18.2 Å². The number of rotatable bonds is 2. The molecule has 0 saturated carbocycles. The van der Waals surface area contributed by atoms with Gasteiger partial charge in [-0.3, -0.25) is 0 Å². The van der Waals surface area contributed by atoms with E-state index in [0.29, 0.717) is 33.4 Å². The van der Waals surface area contributed by atoms with Crippen LogP contribution in [0.4, 0.5) is 43.9 Å². The number of nitriles is 2. The molecule has 2 aliphatic carbocycles. The average Bonchev–Trinajstić information content (AvgIpc) is 3.61. The Bertz CT molecular complexity index is 2350. The maximum absolute atomic E-state index is 14.8. The molecule has 5 aromatic rings. The standard InChI is InChI=1S/C37H13F10N3/c1-12(10-48)24-19-6-13(25-28(38)32(42)36(46)33(43)29(25)39)2-4-15(19)17-9-22-18(8-21(17)24)16-5-3-14(7-20(16)27(22)23(50)11-49)26-30(40)34(44)37(47)35(45)31(26)41/h2-9H,50H2,1H3/b24-12+,27-23-. The number of hydrogen-bond donors (Lipinski definition) is 1. The van der Waals surface area contributed by atoms with Gasteiger partial charge in [-0.25, -0.2) is 43.9 Å². The molecule has 0 fully saturated rings. The molecule has 5 aromatic carbocycles. The molecule has 0 aliphatic heterocycles. The fourth-order valence-corrected chi connectivity index (χ4v) is 6.55. The van der Waals surface area contributed by atoms with Crippen LogP contribution in [0, 0.1) is 80.8 Å². The number of nitrogens with two attached hydrogens (primary N) is 1. The first kappa shape index (κ1) is 32.2. The Balaban J connectivity index is 1.46. The van der Waals surface area contributed by atoms with Gasteiger partial charge < -0.3 is 5.73 Å². The quantitative estimate of drug-likeness (QED) is 0.0850. The summed E-state index contributed by atoms with van der Waals surface area (Å²) in [4.78, 5) is 0. The van der Waals surface area contributed by atoms with Gasteiger partial charge in [-0.05, 0) is 86.8 Å². The summed E-state index contributed by atoms with van der Waals surface area (Å²) in [5, 5.41) is 19.7. The van der Waals surface area contributed by atoms with E-state index >= 15 is 0 Å². The van der Waals surface area contributed by atoms with Gasteiger partial charge in [0, 0.05) is 16.7 Å². The zero-order valence-electron chi connectivity index (χ0n) is 24.9. The molecule has 0 aromatic heterocycles. The molecule has 7 rings (SSSR count). The fraction of sp³-hybridized carbons (Fsp3) is 0.0270. The zero-order chi connectivity index (χ0) is 36.1. The molecule has 0 spiro atoms. The minimum Gasteiger partial charge on any atom is -0.390 e. The largest absolute Gasteiger partial charge is 0.390 e. The van der Waals surface area contributed by atoms with Crippen LogP contribution in [0.5, 0.6) is 0 Å². The second-order valence-corrected chi connectivity index (χ2v) is 11.4. The summed E-state index contributed by atoms with van der Waals surface area (Å²) in [5.41, 5.74) is 5.47. The maximum Gasteiger partial charge on any atom is 0.200 e. The summed E-state index contributed by atoms with van der Waals surface area (Å²) in [6.07, 6.45) is 0. The molecule has 0 radical (unpaired) electrons. The summed E-state index contributed by atoms with van der Waals surface area (Å²) < 4.78 is 143. The van der Waals surface area contributed by atoms with E-state index in [2.05, 4.69) is 0 Å². The Morgan fingerprint density at radius 2 is 0.780 bits per heavy atom. The van der Waals surface area contributed by atoms with Crippen LogP contribution in [0.25, 0.3) is 55.7 Å². The smallest absolute Gasteiger partial charge is 0.200 e. The molecule has 13 heteroatoms. The third-order valence-electron chi connectivity index (χ3n) is 8.78. The monoisotopic (exact) mass is 689 g/mol. The molecule has 0 unspecified atom stereocenters. The van der Waals surface area contributed by atoms with Gasteiger partial charge >= 0.3 is 0 Å². The van der Waals surface area contributed by atoms with Crippen LogP contribution < -0.4 is 5.73 Å². The Kier molecular flexibility index (Phi) is 7.15. The highest BCUT2D eigenvalue weighted by molar-refractivity contribution is 6.11. The Hall–Kier alpha value is -6.34. The summed E-state index contributed by atoms with van der Waals surface area (Å²) in [6, 6.07) is 14.2. The molecule has 0 saturated heterocycles. The Morgan fingerprint density at radius 3 is 1.16 bits per heavy atom. The van der Waals surface area contributed by atoms with Gasteiger partial charge in [0.25, 0.3) is 0 Å². The van der Waals surface area contributed by atoms with Crippen LogP contribution in [0.2, 0.25) is 0 Å². The van der Waals surface area contributed by atoms with Crippen LogP contribution >= 0.6 is 0 Å². The van der Waals surface area contributed by atoms with E-state index < -0.39 is 74.9 Å². The van der Waals surface area contributed by atoms with Gasteiger partial charge in [-0.1, -0.05) is 24.3 Å². The first-order chi connectivity index (χ1) is 23.7. The highest BCUT2D eigenvalue weighted by atomic mass is 19.2. The van der Waals surface area contributed by atoms with E-state index in [1.165, 1.54) is 25.1 Å². The number of benzene rings is 5. The van der Waals surface area contributed by atoms with Gasteiger partial charge in [0.1, 0.15) is 11.8 Å². The lowest BCUT2D eigenvalue weighted by atomic mass is 9.93. The van der Waals surface area contributed by atoms with Crippen molar-refractivity contribution in [3.63, 3.8) is 0 Å². The Labute approximate surface area is 275 Å². The minimum atomic E-state index is -2.34. The summed E-state index contributed by atoms with van der Waals surface area (Å²) in [6.45, 7) is 1.44. The number of fused-ring (bicyclic) bond motifs is 6. The third kappa shape index (κ3) is 4.23. The van der Waals surface area contributed by atoms with Crippen molar-refractivity contribution in [2.75, 3.05) is 0 Å². The number of hydrogen-bond acceptors (Lipinski definition) is 3. The fourth-order valence-electron chi connectivity index (χ4n) is 6.55. The lowest BCUT2D eigenvalue weighted by Crippen LogP contribution is -2.04. The lowest BCUT2D eigenvalue weighted by molar-refractivity contribution is 0.381. The van der Waals surface area contributed by atoms with Crippen molar-refractivity contribution in [1.82, 2.24) is 0 Å². The number of halogens is 10. The average molecular weight is 690 g/mol. The Morgan fingerprint density at radius 1 is 0.440 bits per heavy atom. The van der Waals surface area contributed by atoms with Crippen molar-refractivity contribution < 1.29 is 43.9 Å². The van der Waals surface area contributed by atoms with Crippen molar-refractivity contribution in [2.24, 2.45) is 5.73 Å². The molecule has 0 heterocycles. The summed E-state index contributed by atoms with van der Waals surface area (Å²) in [7, 11) is 0. The summed E-state index contributed by atoms with van der Waals surface area (Å²) >= 11 is 0. The molecular formula is C37H13F10N3. The predicted molar refractivity (Wildman–Crippen MR) is 161 cm³/mol. The van der Waals surface area contributed by atoms with Gasteiger partial charge in [0.15, 0.2) is 46.5 Å². The van der Waals surface area contributed by atoms with Crippen molar-refractivity contribution in [3.8, 4) is 56.6 Å². The highest BCUT2D eigenvalue weighted by Gasteiger charge is 2.35. The molecular weight excluding hydrogens is 676 g/mol. The molecule has 0 atom stereocenters. The summed E-state index contributed by atoms with van der Waals surface area (Å²) in [5.74, 6) is -21.5. The normalized spacial score (nSPS) is 14.4. The molecule has 2 N–H and O–H groups in total. The molecule has 0 amide bonds. The topological polar surface area (TPSA) is 73.6 Å². The van der Waals surface area contributed by atoms with E-state index in [9.17, 15) is 54.4 Å². The lowest BCUT2D eigenvalue weighted by Gasteiger charge is -2.11. The molecule has 246 valence electrons. The van der Waals surface area contributed by atoms with Crippen LogP contribution in [0.1, 0.15) is 29.2 Å². The van der Waals surface area contributed by atoms with E-state index in [4.69, 9.17) is 5.73 Å². The molecule has 3 nitrogen and oxygen atoms in total. The minimum absolute atomic E-state index is 0.0556. The first-order valence-electron chi connectivity index (χ1n) is 14.3. The molecule has 0 bridgehead atoms. The van der Waals surface area contributed by atoms with Crippen LogP contribution in [0.3, 0.4) is 0 Å². The van der Waals surface area contributed by atoms with Gasteiger partial charge in [-0.2, -0.15) is 10.5 Å². The van der Waals surface area contributed by atoms with Crippen LogP contribution in [0.15, 0.2) is 59.8 Å². The molecule has 50 heavy (non-hydrogen) atoms. The number of allylic oxidation sites excluding steroid dienone is 2. The third-order valence-corrected chi connectivity index (χ3v) is 8.78. The van der Waals surface area contributed by atoms with E-state index in [1.807, 2.05) is 6.07 Å². The van der Waals surface area contributed by atoms with Crippen LogP contribution in [-0.2, 0) is 0 Å². The van der Waals surface area contributed by atoms with Crippen molar-refractivity contribution >= 4 is 11.1 Å². The van der Waals surface area contributed by atoms with Crippen LogP contribution in [-0.4, -0.2) is 0 Å². The van der Waals surface area contributed by atoms with Gasteiger partial charge in [-0.15, -0.1) is 0 Å². The zero-order valence-corrected chi connectivity index (χ0v) is 24.9. The van der Waals surface area contributed by atoms with Crippen molar-refractivity contribution in [1.29, 1.82) is 10.5 Å². The maximum atomic E-state index is 14.8. The SMILES string of the molecule is C/C(C#N)=C1/c2cc(-c3c(F)c(F)c(F)c(F)c3F)ccc2-c2cc3c(cc21)-c1ccc(-c2c(F)c(F)c(F)c(F)c2F)cc1/C3=C(/N)C#N. The second kappa shape index (κ2) is 11.1. The second-order valence-electron chi connectivity index (χ2n) is 11.4. The highest BCUT2D eigenvalue weighted by Crippen LogP contribution is 2.54. The van der Waals surface area contributed by atoms with Crippen molar-refractivity contribution in [2.45, 2.75) is 6.92 Å². The number of nitrogens with zero attached hydrogens (tertiary/aromatic N) is 2. The first-order valence-corrected chi connectivity index (χ1v) is 14.3. The van der Waals surface area contributed by atoms with Gasteiger partial charge in [0.2, 0.25) is 11.6 Å². The van der Waals surface area contributed by atoms with E-state index in [1.54, 1.807) is 18.2 Å². The van der Waals surface area contributed by atoms with E-state index in [-0.39, 0.29) is 39.1 Å².